The summed E-state index contributed by atoms with van der Waals surface area (Å²) in [5.41, 5.74) is 1.40. The Bertz CT molecular complexity index is 1550. The summed E-state index contributed by atoms with van der Waals surface area (Å²) in [4.78, 5) is 28.3. The molecule has 1 heterocycles. The van der Waals surface area contributed by atoms with Crippen molar-refractivity contribution in [2.24, 2.45) is 5.10 Å². The molecule has 0 saturated heterocycles. The van der Waals surface area contributed by atoms with Gasteiger partial charge in [0, 0.05) is 22.5 Å². The third-order valence-electron chi connectivity index (χ3n) is 5.20. The summed E-state index contributed by atoms with van der Waals surface area (Å²) in [5.74, 6) is 0.694. The minimum absolute atomic E-state index is 0.0357. The molecule has 8 nitrogen and oxygen atoms in total. The first-order valence-corrected chi connectivity index (χ1v) is 12.3. The van der Waals surface area contributed by atoms with Crippen LogP contribution < -0.4 is 10.3 Å². The van der Waals surface area contributed by atoms with E-state index in [1.807, 2.05) is 19.9 Å². The molecule has 184 valence electrons. The molecule has 0 aliphatic carbocycles. The van der Waals surface area contributed by atoms with Gasteiger partial charge in [-0.15, -0.1) is 0 Å². The lowest BCUT2D eigenvalue weighted by Crippen LogP contribution is -2.23. The Balaban J connectivity index is 1.63. The quantitative estimate of drug-likeness (QED) is 0.132. The number of ether oxygens (including phenoxy) is 1. The van der Waals surface area contributed by atoms with Crippen molar-refractivity contribution in [1.82, 2.24) is 9.66 Å². The highest BCUT2D eigenvalue weighted by atomic mass is 79.9. The minimum Gasteiger partial charge on any atom is -0.486 e. The molecule has 0 atom stereocenters. The Hall–Kier alpha value is -3.27. The number of benzene rings is 3. The fourth-order valence-electron chi connectivity index (χ4n) is 3.48. The zero-order chi connectivity index (χ0) is 26.0. The van der Waals surface area contributed by atoms with Crippen molar-refractivity contribution in [1.29, 1.82) is 0 Å². The number of hydrogen-bond donors (Lipinski definition) is 0. The number of nitro groups is 1. The third kappa shape index (κ3) is 5.59. The smallest absolute Gasteiger partial charge is 0.282 e. The maximum Gasteiger partial charge on any atom is 0.282 e. The highest BCUT2D eigenvalue weighted by Gasteiger charge is 2.15. The summed E-state index contributed by atoms with van der Waals surface area (Å²) < 4.78 is 7.77. The van der Waals surface area contributed by atoms with Crippen LogP contribution in [0.1, 0.15) is 36.7 Å². The average Bonchev–Trinajstić information content (AvgIpc) is 2.83. The molecule has 0 saturated carbocycles. The highest BCUT2D eigenvalue weighted by Crippen LogP contribution is 2.34. The van der Waals surface area contributed by atoms with Crippen LogP contribution in [0.2, 0.25) is 10.0 Å². The standard InChI is InChI=1S/C25H19BrCl2N4O4/c1-14(2)24-30-22-7-6-17(26)11-19(22)25(33)31(24)29-12-16-9-20(27)23(21(28)10-16)36-13-15-4-3-5-18(8-15)32(34)35/h3-12,14H,13H2,1-2H3. The van der Waals surface area contributed by atoms with Crippen LogP contribution in [-0.2, 0) is 6.61 Å². The number of hydrogen-bond acceptors (Lipinski definition) is 6. The van der Waals surface area contributed by atoms with E-state index in [9.17, 15) is 14.9 Å². The van der Waals surface area contributed by atoms with E-state index in [4.69, 9.17) is 27.9 Å². The lowest BCUT2D eigenvalue weighted by molar-refractivity contribution is -0.384. The number of rotatable bonds is 7. The van der Waals surface area contributed by atoms with Gasteiger partial charge in [0.25, 0.3) is 11.2 Å². The van der Waals surface area contributed by atoms with Crippen molar-refractivity contribution < 1.29 is 9.66 Å². The number of nitrogens with zero attached hydrogens (tertiary/aromatic N) is 4. The van der Waals surface area contributed by atoms with Crippen LogP contribution >= 0.6 is 39.1 Å². The van der Waals surface area contributed by atoms with E-state index >= 15 is 0 Å². The van der Waals surface area contributed by atoms with Crippen LogP contribution in [0.4, 0.5) is 5.69 Å². The second-order valence-electron chi connectivity index (χ2n) is 8.18. The van der Waals surface area contributed by atoms with Crippen LogP contribution in [-0.4, -0.2) is 20.8 Å². The van der Waals surface area contributed by atoms with Gasteiger partial charge in [-0.05, 0) is 41.5 Å². The van der Waals surface area contributed by atoms with E-state index in [1.54, 1.807) is 36.4 Å². The Morgan fingerprint density at radius 1 is 1.17 bits per heavy atom. The second-order valence-corrected chi connectivity index (χ2v) is 9.91. The monoisotopic (exact) mass is 588 g/mol. The van der Waals surface area contributed by atoms with Gasteiger partial charge in [0.2, 0.25) is 0 Å². The van der Waals surface area contributed by atoms with Crippen molar-refractivity contribution in [3.8, 4) is 5.75 Å². The lowest BCUT2D eigenvalue weighted by atomic mass is 10.2. The second kappa shape index (κ2) is 10.8. The molecular weight excluding hydrogens is 571 g/mol. The largest absolute Gasteiger partial charge is 0.486 e. The molecule has 3 aromatic carbocycles. The summed E-state index contributed by atoms with van der Waals surface area (Å²) in [7, 11) is 0. The van der Waals surface area contributed by atoms with Crippen molar-refractivity contribution in [3.63, 3.8) is 0 Å². The molecular formula is C25H19BrCl2N4O4. The zero-order valence-electron chi connectivity index (χ0n) is 19.1. The number of nitro benzene ring substituents is 1. The van der Waals surface area contributed by atoms with E-state index in [2.05, 4.69) is 26.0 Å². The van der Waals surface area contributed by atoms with Gasteiger partial charge >= 0.3 is 0 Å². The van der Waals surface area contributed by atoms with Gasteiger partial charge in [-0.3, -0.25) is 14.9 Å². The van der Waals surface area contributed by atoms with Crippen LogP contribution in [0.5, 0.6) is 5.75 Å². The molecule has 0 amide bonds. The molecule has 0 radical (unpaired) electrons. The van der Waals surface area contributed by atoms with Crippen LogP contribution in [0.15, 0.2) is 69.0 Å². The first kappa shape index (κ1) is 25.8. The van der Waals surface area contributed by atoms with E-state index in [1.165, 1.54) is 23.0 Å². The molecule has 0 N–H and O–H groups in total. The summed E-state index contributed by atoms with van der Waals surface area (Å²) in [6.07, 6.45) is 1.47. The van der Waals surface area contributed by atoms with E-state index in [0.717, 1.165) is 4.47 Å². The molecule has 0 fully saturated rings. The van der Waals surface area contributed by atoms with Gasteiger partial charge < -0.3 is 4.74 Å². The summed E-state index contributed by atoms with van der Waals surface area (Å²) in [6, 6.07) is 14.6. The number of aromatic nitrogens is 2. The van der Waals surface area contributed by atoms with Gasteiger partial charge in [-0.25, -0.2) is 4.98 Å². The van der Waals surface area contributed by atoms with Gasteiger partial charge in [0.1, 0.15) is 12.4 Å². The van der Waals surface area contributed by atoms with Gasteiger partial charge in [-0.1, -0.05) is 65.1 Å². The normalized spacial score (nSPS) is 11.5. The first-order chi connectivity index (χ1) is 17.1. The third-order valence-corrected chi connectivity index (χ3v) is 6.25. The molecule has 0 aliphatic rings. The SMILES string of the molecule is CC(C)c1nc2ccc(Br)cc2c(=O)n1N=Cc1cc(Cl)c(OCc2cccc([N+](=O)[O-])c2)c(Cl)c1. The molecule has 36 heavy (non-hydrogen) atoms. The van der Waals surface area contributed by atoms with Crippen molar-refractivity contribution in [2.45, 2.75) is 26.4 Å². The van der Waals surface area contributed by atoms with E-state index < -0.39 is 4.92 Å². The van der Waals surface area contributed by atoms with Gasteiger partial charge in [0.15, 0.2) is 5.75 Å². The number of halogens is 3. The topological polar surface area (TPSA) is 99.6 Å². The first-order valence-electron chi connectivity index (χ1n) is 10.8. The minimum atomic E-state index is -0.475. The van der Waals surface area contributed by atoms with Gasteiger partial charge in [-0.2, -0.15) is 9.78 Å². The Morgan fingerprint density at radius 2 is 1.89 bits per heavy atom. The van der Waals surface area contributed by atoms with E-state index in [0.29, 0.717) is 27.9 Å². The fraction of sp³-hybridized carbons (Fsp3) is 0.160. The van der Waals surface area contributed by atoms with Crippen LogP contribution in [0, 0.1) is 10.1 Å². The predicted octanol–water partition coefficient (Wildman–Crippen LogP) is 6.96. The number of non-ortho nitro benzene ring substituents is 1. The Morgan fingerprint density at radius 3 is 2.56 bits per heavy atom. The molecule has 0 unspecified atom stereocenters. The summed E-state index contributed by atoms with van der Waals surface area (Å²) in [5, 5.41) is 16.3. The van der Waals surface area contributed by atoms with E-state index in [-0.39, 0.29) is 39.6 Å². The molecule has 11 heteroatoms. The predicted molar refractivity (Wildman–Crippen MR) is 145 cm³/mol. The summed E-state index contributed by atoms with van der Waals surface area (Å²) in [6.45, 7) is 3.90. The molecule has 4 rings (SSSR count). The van der Waals surface area contributed by atoms with Crippen molar-refractivity contribution >= 4 is 61.9 Å². The van der Waals surface area contributed by atoms with Crippen molar-refractivity contribution in [3.05, 3.63) is 107 Å². The highest BCUT2D eigenvalue weighted by molar-refractivity contribution is 9.10. The molecule has 0 bridgehead atoms. The zero-order valence-corrected chi connectivity index (χ0v) is 22.2. The lowest BCUT2D eigenvalue weighted by Gasteiger charge is -2.12. The molecule has 1 aromatic heterocycles. The molecule has 0 spiro atoms. The Kier molecular flexibility index (Phi) is 7.73. The summed E-state index contributed by atoms with van der Waals surface area (Å²) >= 11 is 16.2. The maximum atomic E-state index is 13.2. The van der Waals surface area contributed by atoms with Gasteiger partial charge in [0.05, 0.1) is 32.1 Å². The average molecular weight is 590 g/mol. The van der Waals surface area contributed by atoms with Crippen LogP contribution in [0.25, 0.3) is 10.9 Å². The van der Waals surface area contributed by atoms with Crippen molar-refractivity contribution in [2.75, 3.05) is 0 Å². The Labute approximate surface area is 224 Å². The molecule has 0 aliphatic heterocycles. The van der Waals surface area contributed by atoms with Crippen LogP contribution in [0.3, 0.4) is 0 Å². The molecule has 4 aromatic rings. The number of fused-ring (bicyclic) bond motifs is 1. The fourth-order valence-corrected chi connectivity index (χ4v) is 4.46. The maximum absolute atomic E-state index is 13.2.